The molecule has 2 N–H and O–H groups in total. The fourth-order valence-electron chi connectivity index (χ4n) is 5.73. The third kappa shape index (κ3) is 7.96. The summed E-state index contributed by atoms with van der Waals surface area (Å²) in [4.78, 5) is 44.4. The quantitative estimate of drug-likeness (QED) is 0.266. The third-order valence-corrected chi connectivity index (χ3v) is 8.02. The van der Waals surface area contributed by atoms with Gasteiger partial charge in [0.25, 0.3) is 5.91 Å². The molecular formula is C33H46BrN5O6. The van der Waals surface area contributed by atoms with Gasteiger partial charge in [-0.25, -0.2) is 0 Å². The highest BCUT2D eigenvalue weighted by Gasteiger charge is 2.32. The third-order valence-electron chi connectivity index (χ3n) is 8.02. The predicted octanol–water partition coefficient (Wildman–Crippen LogP) is 4.04. The fraction of sp³-hybridized carbons (Fsp3) is 0.515. The number of halogens is 1. The number of hydrogen-bond donors (Lipinski definition) is 2. The van der Waals surface area contributed by atoms with E-state index in [1.165, 1.54) is 0 Å². The largest absolute Gasteiger partial charge is 0.494 e. The molecule has 0 atom stereocenters. The maximum absolute atomic E-state index is 13.9. The van der Waals surface area contributed by atoms with Gasteiger partial charge in [-0.2, -0.15) is 0 Å². The minimum Gasteiger partial charge on any atom is -0.494 e. The van der Waals surface area contributed by atoms with Crippen molar-refractivity contribution in [3.63, 3.8) is 0 Å². The lowest BCUT2D eigenvalue weighted by Gasteiger charge is -2.37. The number of amidine groups is 1. The zero-order valence-electron chi connectivity index (χ0n) is 27.4. The number of ketones is 1. The van der Waals surface area contributed by atoms with E-state index in [0.29, 0.717) is 68.4 Å². The van der Waals surface area contributed by atoms with E-state index in [-0.39, 0.29) is 59.0 Å². The maximum Gasteiger partial charge on any atom is 0.320 e. The SMILES string of the molecule is Br.CCOC(=O)CN1CCN(c2cc(C(=O)CN3Cc4cc(OCC)c(C(=O)NC)cc4C3=N)cc(C(C)(C)C)c2OC)CC1. The fourth-order valence-corrected chi connectivity index (χ4v) is 5.73. The van der Waals surface area contributed by atoms with E-state index in [1.807, 2.05) is 19.1 Å². The minimum atomic E-state index is -0.301. The van der Waals surface area contributed by atoms with E-state index < -0.39 is 0 Å². The summed E-state index contributed by atoms with van der Waals surface area (Å²) in [6.07, 6.45) is 0. The van der Waals surface area contributed by atoms with Crippen LogP contribution in [0.15, 0.2) is 24.3 Å². The Hall–Kier alpha value is -3.64. The van der Waals surface area contributed by atoms with Crippen molar-refractivity contribution >= 4 is 46.2 Å². The number of hydrogen-bond acceptors (Lipinski definition) is 9. The molecule has 2 heterocycles. The number of esters is 1. The summed E-state index contributed by atoms with van der Waals surface area (Å²) in [5.74, 6) is 0.761. The van der Waals surface area contributed by atoms with E-state index in [1.54, 1.807) is 38.1 Å². The first-order chi connectivity index (χ1) is 20.9. The Bertz CT molecular complexity index is 1430. The van der Waals surface area contributed by atoms with E-state index in [4.69, 9.17) is 19.6 Å². The highest BCUT2D eigenvalue weighted by Crippen LogP contribution is 2.41. The molecule has 1 saturated heterocycles. The van der Waals surface area contributed by atoms with Crippen molar-refractivity contribution in [2.45, 2.75) is 46.6 Å². The number of rotatable bonds is 11. The van der Waals surface area contributed by atoms with Crippen LogP contribution in [0, 0.1) is 5.41 Å². The normalized spacial score (nSPS) is 14.9. The number of carbonyl (C=O) groups excluding carboxylic acids is 3. The summed E-state index contributed by atoms with van der Waals surface area (Å²) in [6, 6.07) is 7.27. The second-order valence-corrected chi connectivity index (χ2v) is 12.0. The maximum atomic E-state index is 13.9. The zero-order chi connectivity index (χ0) is 32.2. The van der Waals surface area contributed by atoms with E-state index in [2.05, 4.69) is 35.9 Å². The van der Waals surface area contributed by atoms with Crippen LogP contribution in [-0.2, 0) is 21.5 Å². The summed E-state index contributed by atoms with van der Waals surface area (Å²) < 4.78 is 16.8. The van der Waals surface area contributed by atoms with Crippen LogP contribution in [0.5, 0.6) is 11.5 Å². The van der Waals surface area contributed by atoms with Gasteiger partial charge in [-0.3, -0.25) is 24.7 Å². The predicted molar refractivity (Wildman–Crippen MR) is 180 cm³/mol. The van der Waals surface area contributed by atoms with Crippen LogP contribution in [0.2, 0.25) is 0 Å². The molecular weight excluding hydrogens is 642 g/mol. The number of nitrogens with one attached hydrogen (secondary N) is 2. The average molecular weight is 689 g/mol. The van der Waals surface area contributed by atoms with Crippen molar-refractivity contribution < 1.29 is 28.6 Å². The van der Waals surface area contributed by atoms with Crippen molar-refractivity contribution in [3.05, 3.63) is 52.1 Å². The Balaban J connectivity index is 0.00000552. The number of amides is 1. The molecule has 0 aliphatic carbocycles. The number of piperazine rings is 1. The van der Waals surface area contributed by atoms with E-state index in [9.17, 15) is 14.4 Å². The molecule has 0 unspecified atom stereocenters. The van der Waals surface area contributed by atoms with Gasteiger partial charge in [-0.05, 0) is 49.1 Å². The summed E-state index contributed by atoms with van der Waals surface area (Å²) >= 11 is 0. The van der Waals surface area contributed by atoms with Gasteiger partial charge >= 0.3 is 5.97 Å². The summed E-state index contributed by atoms with van der Waals surface area (Å²) in [7, 11) is 3.21. The van der Waals surface area contributed by atoms with Gasteiger partial charge in [0.05, 0.1) is 44.7 Å². The van der Waals surface area contributed by atoms with Crippen molar-refractivity contribution in [2.24, 2.45) is 0 Å². The Kier molecular flexibility index (Phi) is 12.0. The first kappa shape index (κ1) is 35.8. The Labute approximate surface area is 276 Å². The second-order valence-electron chi connectivity index (χ2n) is 12.0. The van der Waals surface area contributed by atoms with Gasteiger partial charge in [-0.15, -0.1) is 17.0 Å². The first-order valence-corrected chi connectivity index (χ1v) is 15.2. The van der Waals surface area contributed by atoms with Crippen LogP contribution in [0.25, 0.3) is 0 Å². The van der Waals surface area contributed by atoms with Crippen LogP contribution in [-0.4, -0.2) is 99.9 Å². The average Bonchev–Trinajstić information content (AvgIpc) is 3.29. The molecule has 11 nitrogen and oxygen atoms in total. The summed E-state index contributed by atoms with van der Waals surface area (Å²) in [5.41, 5.74) is 3.83. The number of carbonyl (C=O) groups is 3. The lowest BCUT2D eigenvalue weighted by atomic mass is 9.84. The first-order valence-electron chi connectivity index (χ1n) is 15.2. The molecule has 2 aliphatic heterocycles. The zero-order valence-corrected chi connectivity index (χ0v) is 29.1. The highest BCUT2D eigenvalue weighted by atomic mass is 79.9. The Morgan fingerprint density at radius 3 is 2.24 bits per heavy atom. The Morgan fingerprint density at radius 1 is 0.978 bits per heavy atom. The standard InChI is InChI=1S/C33H45N5O6.BrH/c1-8-43-28-16-22-18-38(31(34)23(22)17-24(28)32(41)35-6)19-27(39)21-14-25(33(3,4)5)30(42-7)26(15-21)37-12-10-36(11-13-37)20-29(40)44-9-2;/h14-17,34H,8-13,18-20H2,1-7H3,(H,35,41);1H. The molecule has 0 saturated carbocycles. The molecule has 2 aliphatic rings. The number of fused-ring (bicyclic) bond motifs is 1. The molecule has 12 heteroatoms. The molecule has 0 spiro atoms. The van der Waals surface area contributed by atoms with Crippen LogP contribution in [0.3, 0.4) is 0 Å². The van der Waals surface area contributed by atoms with Crippen molar-refractivity contribution in [3.8, 4) is 11.5 Å². The topological polar surface area (TPSA) is 125 Å². The van der Waals surface area contributed by atoms with E-state index in [0.717, 1.165) is 22.6 Å². The lowest BCUT2D eigenvalue weighted by molar-refractivity contribution is -0.144. The molecule has 0 radical (unpaired) electrons. The lowest BCUT2D eigenvalue weighted by Crippen LogP contribution is -2.48. The summed E-state index contributed by atoms with van der Waals surface area (Å²) in [5, 5.41) is 11.5. The molecule has 0 bridgehead atoms. The van der Waals surface area contributed by atoms with Crippen molar-refractivity contribution in [2.75, 3.05) is 71.5 Å². The number of ether oxygens (including phenoxy) is 3. The van der Waals surface area contributed by atoms with Crippen LogP contribution < -0.4 is 19.7 Å². The number of nitrogens with zero attached hydrogens (tertiary/aromatic N) is 3. The van der Waals surface area contributed by atoms with Gasteiger partial charge < -0.3 is 29.3 Å². The molecule has 2 aromatic rings. The molecule has 2 aromatic carbocycles. The van der Waals surface area contributed by atoms with Crippen molar-refractivity contribution in [1.29, 1.82) is 5.41 Å². The minimum absolute atomic E-state index is 0. The highest BCUT2D eigenvalue weighted by molar-refractivity contribution is 8.93. The van der Waals surface area contributed by atoms with Gasteiger partial charge in [0.15, 0.2) is 5.78 Å². The monoisotopic (exact) mass is 687 g/mol. The molecule has 246 valence electrons. The molecule has 4 rings (SSSR count). The van der Waals surface area contributed by atoms with Crippen LogP contribution >= 0.6 is 17.0 Å². The number of Topliss-reactive ketones (excluding diaryl/α,β-unsaturated/α-hetero) is 1. The smallest absolute Gasteiger partial charge is 0.320 e. The van der Waals surface area contributed by atoms with Gasteiger partial charge in [0.2, 0.25) is 0 Å². The second kappa shape index (κ2) is 15.1. The van der Waals surface area contributed by atoms with Gasteiger partial charge in [0.1, 0.15) is 17.3 Å². The number of methoxy groups -OCH3 is 1. The van der Waals surface area contributed by atoms with Gasteiger partial charge in [0, 0.05) is 56.5 Å². The van der Waals surface area contributed by atoms with Crippen LogP contribution in [0.4, 0.5) is 5.69 Å². The number of anilines is 1. The van der Waals surface area contributed by atoms with Crippen molar-refractivity contribution in [1.82, 2.24) is 15.1 Å². The molecule has 0 aromatic heterocycles. The Morgan fingerprint density at radius 2 is 1.67 bits per heavy atom. The number of benzene rings is 2. The van der Waals surface area contributed by atoms with Crippen LogP contribution in [0.1, 0.15) is 72.0 Å². The molecule has 1 fully saturated rings. The van der Waals surface area contributed by atoms with E-state index >= 15 is 0 Å². The van der Waals surface area contributed by atoms with Gasteiger partial charge in [-0.1, -0.05) is 20.8 Å². The molecule has 1 amide bonds. The molecule has 45 heavy (non-hydrogen) atoms. The summed E-state index contributed by atoms with van der Waals surface area (Å²) in [6.45, 7) is 14.0.